The highest BCUT2D eigenvalue weighted by molar-refractivity contribution is 7.91. The van der Waals surface area contributed by atoms with E-state index in [1.54, 1.807) is 0 Å². The van der Waals surface area contributed by atoms with Gasteiger partial charge in [0.1, 0.15) is 12.1 Å². The minimum Gasteiger partial charge on any atom is -0.333 e. The lowest BCUT2D eigenvalue weighted by Gasteiger charge is -2.30. The fourth-order valence-electron chi connectivity index (χ4n) is 4.59. The van der Waals surface area contributed by atoms with Gasteiger partial charge in [-0.15, -0.1) is 0 Å². The van der Waals surface area contributed by atoms with Crippen LogP contribution in [0.3, 0.4) is 0 Å². The van der Waals surface area contributed by atoms with Crippen LogP contribution in [-0.4, -0.2) is 65.7 Å². The number of imide groups is 1. The summed E-state index contributed by atoms with van der Waals surface area (Å²) in [4.78, 5) is 40.9. The lowest BCUT2D eigenvalue weighted by Crippen LogP contribution is -2.48. The summed E-state index contributed by atoms with van der Waals surface area (Å²) in [5.74, 6) is -0.792. The van der Waals surface area contributed by atoms with E-state index in [0.717, 1.165) is 23.3 Å². The summed E-state index contributed by atoms with van der Waals surface area (Å²) < 4.78 is 23.9. The number of rotatable bonds is 5. The first-order valence-electron chi connectivity index (χ1n) is 9.98. The van der Waals surface area contributed by atoms with Crippen molar-refractivity contribution in [3.05, 3.63) is 35.9 Å². The number of sulfone groups is 1. The number of hydrogen-bond acceptors (Lipinski definition) is 5. The molecule has 1 N–H and O–H groups in total. The number of hydrogen-bond donors (Lipinski definition) is 1. The Kier molecular flexibility index (Phi) is 5.10. The molecular formula is C20H25N3O5S. The summed E-state index contributed by atoms with van der Waals surface area (Å²) in [6.07, 6.45) is 3.29. The molecule has 1 saturated carbocycles. The lowest BCUT2D eigenvalue weighted by atomic mass is 9.98. The second kappa shape index (κ2) is 7.44. The monoisotopic (exact) mass is 419 g/mol. The average Bonchev–Trinajstić information content (AvgIpc) is 3.36. The van der Waals surface area contributed by atoms with Gasteiger partial charge in [-0.2, -0.15) is 0 Å². The molecule has 8 nitrogen and oxygen atoms in total. The number of amides is 4. The van der Waals surface area contributed by atoms with E-state index in [-0.39, 0.29) is 30.5 Å². The highest BCUT2D eigenvalue weighted by Crippen LogP contribution is 2.35. The van der Waals surface area contributed by atoms with Gasteiger partial charge in [0.25, 0.3) is 5.91 Å². The first kappa shape index (κ1) is 19.9. The van der Waals surface area contributed by atoms with E-state index in [9.17, 15) is 22.8 Å². The zero-order chi connectivity index (χ0) is 20.6. The van der Waals surface area contributed by atoms with E-state index in [2.05, 4.69) is 5.32 Å². The zero-order valence-electron chi connectivity index (χ0n) is 16.2. The molecule has 0 bridgehead atoms. The van der Waals surface area contributed by atoms with E-state index in [1.807, 2.05) is 30.3 Å². The molecule has 1 atom stereocenters. The fraction of sp³-hybridized carbons (Fsp3) is 0.550. The average molecular weight is 420 g/mol. The van der Waals surface area contributed by atoms with Gasteiger partial charge in [-0.1, -0.05) is 43.2 Å². The summed E-state index contributed by atoms with van der Waals surface area (Å²) in [5.41, 5.74) is 0.00723. The van der Waals surface area contributed by atoms with Gasteiger partial charge in [-0.25, -0.2) is 13.2 Å². The van der Waals surface area contributed by atoms with Crippen LogP contribution in [0.25, 0.3) is 0 Å². The minimum atomic E-state index is -3.19. The van der Waals surface area contributed by atoms with E-state index >= 15 is 0 Å². The SMILES string of the molecule is O=C1NC2(CCCC2)C(=O)N1CC(=O)N(Cc1ccccc1)[C@H]1CCS(=O)(=O)C1. The molecule has 0 radical (unpaired) electrons. The molecule has 2 heterocycles. The van der Waals surface area contributed by atoms with Crippen LogP contribution in [0.4, 0.5) is 4.79 Å². The van der Waals surface area contributed by atoms with Crippen LogP contribution in [-0.2, 0) is 26.0 Å². The Bertz CT molecular complexity index is 925. The molecule has 1 spiro atoms. The Balaban J connectivity index is 1.53. The van der Waals surface area contributed by atoms with Gasteiger partial charge in [-0.3, -0.25) is 14.5 Å². The quantitative estimate of drug-likeness (QED) is 0.719. The van der Waals surface area contributed by atoms with Crippen molar-refractivity contribution >= 4 is 27.7 Å². The Morgan fingerprint density at radius 3 is 2.48 bits per heavy atom. The third-order valence-electron chi connectivity index (χ3n) is 6.16. The predicted octanol–water partition coefficient (Wildman–Crippen LogP) is 1.07. The molecule has 3 fully saturated rings. The third kappa shape index (κ3) is 3.88. The Labute approximate surface area is 170 Å². The molecule has 156 valence electrons. The molecule has 1 aliphatic carbocycles. The number of carbonyl (C=O) groups is 3. The van der Waals surface area contributed by atoms with Gasteiger partial charge in [0, 0.05) is 12.6 Å². The first-order valence-corrected chi connectivity index (χ1v) is 11.8. The molecule has 1 aromatic rings. The first-order chi connectivity index (χ1) is 13.8. The number of nitrogens with one attached hydrogen (secondary N) is 1. The van der Waals surface area contributed by atoms with E-state index in [0.29, 0.717) is 19.3 Å². The fourth-order valence-corrected chi connectivity index (χ4v) is 6.32. The van der Waals surface area contributed by atoms with Gasteiger partial charge < -0.3 is 10.2 Å². The summed E-state index contributed by atoms with van der Waals surface area (Å²) in [7, 11) is -3.19. The van der Waals surface area contributed by atoms with Crippen molar-refractivity contribution in [3.63, 3.8) is 0 Å². The van der Waals surface area contributed by atoms with Gasteiger partial charge in [0.05, 0.1) is 11.5 Å². The van der Waals surface area contributed by atoms with Crippen molar-refractivity contribution in [3.8, 4) is 0 Å². The summed E-state index contributed by atoms with van der Waals surface area (Å²) in [5, 5.41) is 2.78. The molecule has 0 aromatic heterocycles. The molecule has 4 rings (SSSR count). The number of nitrogens with zero attached hydrogens (tertiary/aromatic N) is 2. The summed E-state index contributed by atoms with van der Waals surface area (Å²) >= 11 is 0. The Morgan fingerprint density at radius 1 is 1.17 bits per heavy atom. The van der Waals surface area contributed by atoms with Gasteiger partial charge in [0.15, 0.2) is 9.84 Å². The van der Waals surface area contributed by atoms with Crippen molar-refractivity contribution in [2.75, 3.05) is 18.1 Å². The van der Waals surface area contributed by atoms with Crippen molar-refractivity contribution in [2.45, 2.75) is 50.2 Å². The maximum absolute atomic E-state index is 13.2. The molecule has 1 aromatic carbocycles. The Morgan fingerprint density at radius 2 is 1.86 bits per heavy atom. The topological polar surface area (TPSA) is 104 Å². The number of urea groups is 1. The van der Waals surface area contributed by atoms with Crippen molar-refractivity contribution in [1.29, 1.82) is 0 Å². The highest BCUT2D eigenvalue weighted by Gasteiger charge is 2.53. The van der Waals surface area contributed by atoms with Crippen LogP contribution < -0.4 is 5.32 Å². The van der Waals surface area contributed by atoms with Crippen molar-refractivity contribution < 1.29 is 22.8 Å². The van der Waals surface area contributed by atoms with Crippen LogP contribution >= 0.6 is 0 Å². The molecule has 2 aliphatic heterocycles. The normalized spacial score (nSPS) is 24.8. The maximum atomic E-state index is 13.2. The second-order valence-electron chi connectivity index (χ2n) is 8.17. The molecule has 3 aliphatic rings. The van der Waals surface area contributed by atoms with Crippen LogP contribution in [0.1, 0.15) is 37.7 Å². The molecule has 2 saturated heterocycles. The largest absolute Gasteiger partial charge is 0.333 e. The van der Waals surface area contributed by atoms with Crippen LogP contribution in [0.15, 0.2) is 30.3 Å². The van der Waals surface area contributed by atoms with Crippen molar-refractivity contribution in [2.24, 2.45) is 0 Å². The van der Waals surface area contributed by atoms with Gasteiger partial charge >= 0.3 is 6.03 Å². The highest BCUT2D eigenvalue weighted by atomic mass is 32.2. The van der Waals surface area contributed by atoms with E-state index in [4.69, 9.17) is 0 Å². The maximum Gasteiger partial charge on any atom is 0.325 e. The van der Waals surface area contributed by atoms with Crippen LogP contribution in [0.2, 0.25) is 0 Å². The number of carbonyl (C=O) groups excluding carboxylic acids is 3. The standard InChI is InChI=1S/C20H25N3O5S/c24-17(13-23-18(25)20(21-19(23)26)9-4-5-10-20)22(12-15-6-2-1-3-7-15)16-8-11-29(27,28)14-16/h1-3,6-7,16H,4-5,8-14H2,(H,21,26)/t16-/m0/s1. The smallest absolute Gasteiger partial charge is 0.325 e. The second-order valence-corrected chi connectivity index (χ2v) is 10.4. The van der Waals surface area contributed by atoms with E-state index < -0.39 is 33.4 Å². The molecule has 0 unspecified atom stereocenters. The summed E-state index contributed by atoms with van der Waals surface area (Å²) in [6.45, 7) is -0.121. The van der Waals surface area contributed by atoms with Crippen LogP contribution in [0.5, 0.6) is 0 Å². The van der Waals surface area contributed by atoms with Crippen LogP contribution in [0, 0.1) is 0 Å². The van der Waals surface area contributed by atoms with Gasteiger partial charge in [0.2, 0.25) is 5.91 Å². The number of benzene rings is 1. The van der Waals surface area contributed by atoms with Crippen molar-refractivity contribution in [1.82, 2.24) is 15.1 Å². The zero-order valence-corrected chi connectivity index (χ0v) is 17.0. The molecule has 9 heteroatoms. The van der Waals surface area contributed by atoms with Gasteiger partial charge in [-0.05, 0) is 24.8 Å². The Hall–Kier alpha value is -2.42. The molecule has 29 heavy (non-hydrogen) atoms. The lowest BCUT2D eigenvalue weighted by molar-refractivity contribution is -0.140. The third-order valence-corrected chi connectivity index (χ3v) is 7.91. The van der Waals surface area contributed by atoms with E-state index in [1.165, 1.54) is 4.90 Å². The predicted molar refractivity (Wildman–Crippen MR) is 105 cm³/mol. The minimum absolute atomic E-state index is 0.0441. The molecule has 4 amide bonds. The summed E-state index contributed by atoms with van der Waals surface area (Å²) in [6, 6.07) is 8.31. The molecular weight excluding hydrogens is 394 g/mol.